The highest BCUT2D eigenvalue weighted by Gasteiger charge is 2.51. The first-order valence-electron chi connectivity index (χ1n) is 11.7. The van der Waals surface area contributed by atoms with E-state index in [1.165, 1.54) is 5.56 Å². The van der Waals surface area contributed by atoms with Gasteiger partial charge in [0.1, 0.15) is 0 Å². The van der Waals surface area contributed by atoms with Crippen LogP contribution in [-0.2, 0) is 23.1 Å². The number of carboxylic acids is 1. The van der Waals surface area contributed by atoms with Crippen LogP contribution in [0.4, 0.5) is 0 Å². The summed E-state index contributed by atoms with van der Waals surface area (Å²) in [4.78, 5) is 11.6. The predicted molar refractivity (Wildman–Crippen MR) is 134 cm³/mol. The molecule has 4 nitrogen and oxygen atoms in total. The molecule has 3 aromatic carbocycles. The number of hydrogen-bond donors (Lipinski definition) is 1. The maximum absolute atomic E-state index is 11.6. The van der Waals surface area contributed by atoms with Gasteiger partial charge in [-0.3, -0.25) is 4.79 Å². The SMILES string of the molecule is Cc1noc(-c2ccc(-c3ccc(C4(C(=O)O)CC4)cc3)cc2)c1C/C=C\Cc1ccccc1. The molecule has 1 aliphatic carbocycles. The Hall–Kier alpha value is -3.92. The maximum atomic E-state index is 11.6. The Balaban J connectivity index is 1.30. The van der Waals surface area contributed by atoms with E-state index in [0.29, 0.717) is 0 Å². The summed E-state index contributed by atoms with van der Waals surface area (Å²) >= 11 is 0. The van der Waals surface area contributed by atoms with Crippen molar-refractivity contribution in [3.63, 3.8) is 0 Å². The molecule has 0 saturated heterocycles. The number of aliphatic carboxylic acids is 1. The van der Waals surface area contributed by atoms with E-state index >= 15 is 0 Å². The molecule has 1 saturated carbocycles. The second-order valence-electron chi connectivity index (χ2n) is 8.98. The third-order valence-electron chi connectivity index (χ3n) is 6.75. The summed E-state index contributed by atoms with van der Waals surface area (Å²) in [7, 11) is 0. The lowest BCUT2D eigenvalue weighted by atomic mass is 9.93. The number of aromatic nitrogens is 1. The highest BCUT2D eigenvalue weighted by molar-refractivity contribution is 5.85. The highest BCUT2D eigenvalue weighted by atomic mass is 16.5. The Bertz CT molecular complexity index is 1310. The first-order chi connectivity index (χ1) is 16.6. The quantitative estimate of drug-likeness (QED) is 0.301. The van der Waals surface area contributed by atoms with Crippen molar-refractivity contribution in [1.82, 2.24) is 5.16 Å². The fraction of sp³-hybridized carbons (Fsp3) is 0.200. The summed E-state index contributed by atoms with van der Waals surface area (Å²) in [5, 5.41) is 13.7. The molecular weight excluding hydrogens is 422 g/mol. The Morgan fingerprint density at radius 2 is 1.47 bits per heavy atom. The number of carboxylic acid groups (broad SMARTS) is 1. The summed E-state index contributed by atoms with van der Waals surface area (Å²) in [6.45, 7) is 1.98. The molecule has 4 heteroatoms. The zero-order chi connectivity index (χ0) is 23.5. The first-order valence-corrected chi connectivity index (χ1v) is 11.7. The maximum Gasteiger partial charge on any atom is 0.314 e. The van der Waals surface area contributed by atoms with Gasteiger partial charge in [-0.05, 0) is 54.9 Å². The van der Waals surface area contributed by atoms with Crippen LogP contribution in [0.1, 0.15) is 35.2 Å². The number of aryl methyl sites for hydroxylation is 1. The summed E-state index contributed by atoms with van der Waals surface area (Å²) in [6.07, 6.45) is 7.48. The molecule has 0 bridgehead atoms. The number of allylic oxidation sites excluding steroid dienone is 2. The van der Waals surface area contributed by atoms with Crippen molar-refractivity contribution in [2.75, 3.05) is 0 Å². The van der Waals surface area contributed by atoms with E-state index in [1.807, 2.05) is 37.3 Å². The molecule has 1 fully saturated rings. The molecule has 0 radical (unpaired) electrons. The fourth-order valence-electron chi connectivity index (χ4n) is 4.44. The zero-order valence-electron chi connectivity index (χ0n) is 19.2. The van der Waals surface area contributed by atoms with Crippen LogP contribution in [-0.4, -0.2) is 16.2 Å². The second kappa shape index (κ2) is 9.14. The van der Waals surface area contributed by atoms with Crippen molar-refractivity contribution in [1.29, 1.82) is 0 Å². The Kier molecular flexibility index (Phi) is 5.89. The number of hydrogen-bond acceptors (Lipinski definition) is 3. The van der Waals surface area contributed by atoms with Gasteiger partial charge in [0.15, 0.2) is 5.76 Å². The summed E-state index contributed by atoms with van der Waals surface area (Å²) in [6, 6.07) is 26.6. The number of nitrogens with zero attached hydrogens (tertiary/aromatic N) is 1. The normalized spacial score (nSPS) is 14.4. The second-order valence-corrected chi connectivity index (χ2v) is 8.98. The zero-order valence-corrected chi connectivity index (χ0v) is 19.2. The van der Waals surface area contributed by atoms with Crippen LogP contribution in [0.25, 0.3) is 22.5 Å². The fourth-order valence-corrected chi connectivity index (χ4v) is 4.44. The van der Waals surface area contributed by atoms with E-state index in [4.69, 9.17) is 4.52 Å². The molecule has 1 aromatic heterocycles. The van der Waals surface area contributed by atoms with Gasteiger partial charge in [0.25, 0.3) is 0 Å². The van der Waals surface area contributed by atoms with Crippen molar-refractivity contribution < 1.29 is 14.4 Å². The Labute approximate surface area is 199 Å². The summed E-state index contributed by atoms with van der Waals surface area (Å²) < 4.78 is 5.69. The Morgan fingerprint density at radius 3 is 2.09 bits per heavy atom. The molecule has 0 unspecified atom stereocenters. The monoisotopic (exact) mass is 449 g/mol. The summed E-state index contributed by atoms with van der Waals surface area (Å²) in [5.41, 5.74) is 6.66. The van der Waals surface area contributed by atoms with Gasteiger partial charge in [0.2, 0.25) is 0 Å². The van der Waals surface area contributed by atoms with Crippen LogP contribution in [0.2, 0.25) is 0 Å². The first kappa shape index (κ1) is 21.9. The minimum absolute atomic E-state index is 0.668. The average Bonchev–Trinajstić information content (AvgIpc) is 3.61. The van der Waals surface area contributed by atoms with Gasteiger partial charge in [0, 0.05) is 11.1 Å². The third-order valence-corrected chi connectivity index (χ3v) is 6.75. The number of rotatable bonds is 8. The molecule has 0 atom stereocenters. The molecule has 0 spiro atoms. The topological polar surface area (TPSA) is 63.3 Å². The molecule has 34 heavy (non-hydrogen) atoms. The molecule has 4 aromatic rings. The Morgan fingerprint density at radius 1 is 0.882 bits per heavy atom. The van der Waals surface area contributed by atoms with Gasteiger partial charge in [0.05, 0.1) is 11.1 Å². The van der Waals surface area contributed by atoms with Crippen molar-refractivity contribution in [2.24, 2.45) is 0 Å². The van der Waals surface area contributed by atoms with E-state index in [9.17, 15) is 9.90 Å². The lowest BCUT2D eigenvalue weighted by Crippen LogP contribution is -2.19. The van der Waals surface area contributed by atoms with Crippen LogP contribution in [0.3, 0.4) is 0 Å². The average molecular weight is 450 g/mol. The van der Waals surface area contributed by atoms with E-state index in [-0.39, 0.29) is 0 Å². The summed E-state index contributed by atoms with van der Waals surface area (Å²) in [5.74, 6) is 0.0820. The minimum atomic E-state index is -0.724. The molecular formula is C30H27NO3. The third kappa shape index (κ3) is 4.32. The van der Waals surface area contributed by atoms with Crippen molar-refractivity contribution in [3.05, 3.63) is 113 Å². The van der Waals surface area contributed by atoms with Gasteiger partial charge >= 0.3 is 5.97 Å². The van der Waals surface area contributed by atoms with Crippen LogP contribution < -0.4 is 0 Å². The van der Waals surface area contributed by atoms with Crippen LogP contribution >= 0.6 is 0 Å². The van der Waals surface area contributed by atoms with E-state index < -0.39 is 11.4 Å². The van der Waals surface area contributed by atoms with Gasteiger partial charge < -0.3 is 9.63 Å². The predicted octanol–water partition coefficient (Wildman–Crippen LogP) is 6.77. The molecule has 0 amide bonds. The van der Waals surface area contributed by atoms with Crippen LogP contribution in [0.15, 0.2) is 95.5 Å². The van der Waals surface area contributed by atoms with Crippen LogP contribution in [0.5, 0.6) is 0 Å². The van der Waals surface area contributed by atoms with Gasteiger partial charge in [-0.2, -0.15) is 0 Å². The standard InChI is InChI=1S/C30H27NO3/c1-21-27(10-6-5-9-22-7-3-2-4-8-22)28(34-31-21)25-13-11-23(12-14-25)24-15-17-26(18-16-24)30(19-20-30)29(32)33/h2-8,11-18H,9-10,19-20H2,1H3,(H,32,33)/b6-5-. The van der Waals surface area contributed by atoms with E-state index in [1.54, 1.807) is 0 Å². The van der Waals surface area contributed by atoms with Crippen molar-refractivity contribution in [2.45, 2.75) is 38.0 Å². The smallest absolute Gasteiger partial charge is 0.314 e. The van der Waals surface area contributed by atoms with Crippen molar-refractivity contribution in [3.8, 4) is 22.5 Å². The lowest BCUT2D eigenvalue weighted by molar-refractivity contribution is -0.140. The molecule has 170 valence electrons. The molecule has 1 heterocycles. The highest BCUT2D eigenvalue weighted by Crippen LogP contribution is 2.48. The van der Waals surface area contributed by atoms with Gasteiger partial charge in [-0.1, -0.05) is 96.2 Å². The van der Waals surface area contributed by atoms with E-state index in [2.05, 4.69) is 65.8 Å². The van der Waals surface area contributed by atoms with Crippen molar-refractivity contribution >= 4 is 5.97 Å². The molecule has 1 aliphatic rings. The molecule has 5 rings (SSSR count). The number of carbonyl (C=O) groups is 1. The van der Waals surface area contributed by atoms with Gasteiger partial charge in [-0.25, -0.2) is 0 Å². The lowest BCUT2D eigenvalue weighted by Gasteiger charge is -2.11. The van der Waals surface area contributed by atoms with E-state index in [0.717, 1.165) is 65.0 Å². The van der Waals surface area contributed by atoms with Gasteiger partial charge in [-0.15, -0.1) is 0 Å². The minimum Gasteiger partial charge on any atom is -0.481 e. The largest absolute Gasteiger partial charge is 0.481 e. The molecule has 1 N–H and O–H groups in total. The number of benzene rings is 3. The molecule has 0 aliphatic heterocycles. The van der Waals surface area contributed by atoms with Crippen LogP contribution in [0, 0.1) is 6.92 Å².